The number of aryl methyl sites for hydroxylation is 1. The van der Waals surface area contributed by atoms with Crippen molar-refractivity contribution in [2.75, 3.05) is 19.8 Å². The lowest BCUT2D eigenvalue weighted by molar-refractivity contribution is -0.167. The standard InChI is InChI=1S/C14H19NO3/c1-11-5-3-4-6-12(11)7-15-9-14(2,10-16)18-8-13(15)17/h3-6,16H,7-10H2,1-2H3. The van der Waals surface area contributed by atoms with Crippen LogP contribution in [0.25, 0.3) is 0 Å². The molecule has 18 heavy (non-hydrogen) atoms. The molecule has 1 saturated heterocycles. The van der Waals surface area contributed by atoms with E-state index in [1.165, 1.54) is 5.56 Å². The van der Waals surface area contributed by atoms with E-state index in [2.05, 4.69) is 0 Å². The number of benzene rings is 1. The molecule has 0 bridgehead atoms. The smallest absolute Gasteiger partial charge is 0.249 e. The molecule has 1 unspecified atom stereocenters. The van der Waals surface area contributed by atoms with Gasteiger partial charge in [-0.3, -0.25) is 4.79 Å². The number of aliphatic hydroxyl groups excluding tert-OH is 1. The first-order valence-electron chi connectivity index (χ1n) is 6.11. The summed E-state index contributed by atoms with van der Waals surface area (Å²) in [6, 6.07) is 8.01. The maximum absolute atomic E-state index is 11.8. The van der Waals surface area contributed by atoms with Crippen LogP contribution in [0, 0.1) is 6.92 Å². The van der Waals surface area contributed by atoms with Crippen LogP contribution in [0.2, 0.25) is 0 Å². The highest BCUT2D eigenvalue weighted by Gasteiger charge is 2.35. The number of hydrogen-bond acceptors (Lipinski definition) is 3. The first-order valence-corrected chi connectivity index (χ1v) is 6.11. The minimum atomic E-state index is -0.642. The lowest BCUT2D eigenvalue weighted by Gasteiger charge is -2.39. The van der Waals surface area contributed by atoms with Crippen molar-refractivity contribution >= 4 is 5.91 Å². The van der Waals surface area contributed by atoms with E-state index in [-0.39, 0.29) is 19.1 Å². The Hall–Kier alpha value is -1.39. The summed E-state index contributed by atoms with van der Waals surface area (Å²) in [7, 11) is 0. The maximum Gasteiger partial charge on any atom is 0.249 e. The van der Waals surface area contributed by atoms with Gasteiger partial charge in [-0.1, -0.05) is 24.3 Å². The van der Waals surface area contributed by atoms with E-state index >= 15 is 0 Å². The van der Waals surface area contributed by atoms with Crippen molar-refractivity contribution in [2.45, 2.75) is 26.0 Å². The van der Waals surface area contributed by atoms with E-state index in [9.17, 15) is 9.90 Å². The zero-order chi connectivity index (χ0) is 13.2. The Morgan fingerprint density at radius 3 is 2.83 bits per heavy atom. The third-order valence-electron chi connectivity index (χ3n) is 3.38. The largest absolute Gasteiger partial charge is 0.393 e. The quantitative estimate of drug-likeness (QED) is 0.873. The number of carbonyl (C=O) groups is 1. The summed E-state index contributed by atoms with van der Waals surface area (Å²) in [5, 5.41) is 9.31. The van der Waals surface area contributed by atoms with Crippen molar-refractivity contribution in [3.63, 3.8) is 0 Å². The fourth-order valence-corrected chi connectivity index (χ4v) is 2.10. The van der Waals surface area contributed by atoms with Crippen molar-refractivity contribution in [1.29, 1.82) is 0 Å². The molecule has 1 N–H and O–H groups in total. The molecule has 1 fully saturated rings. The molecular formula is C14H19NO3. The van der Waals surface area contributed by atoms with Gasteiger partial charge in [0.2, 0.25) is 5.91 Å². The van der Waals surface area contributed by atoms with E-state index in [4.69, 9.17) is 4.74 Å². The van der Waals surface area contributed by atoms with Crippen LogP contribution in [-0.4, -0.2) is 41.3 Å². The topological polar surface area (TPSA) is 49.8 Å². The second-order valence-electron chi connectivity index (χ2n) is 5.07. The monoisotopic (exact) mass is 249 g/mol. The van der Waals surface area contributed by atoms with Crippen LogP contribution in [0.1, 0.15) is 18.1 Å². The molecule has 1 heterocycles. The van der Waals surface area contributed by atoms with Gasteiger partial charge >= 0.3 is 0 Å². The molecule has 0 radical (unpaired) electrons. The van der Waals surface area contributed by atoms with Crippen molar-refractivity contribution in [3.8, 4) is 0 Å². The Kier molecular flexibility index (Phi) is 3.68. The SMILES string of the molecule is Cc1ccccc1CN1CC(C)(CO)OCC1=O. The first-order chi connectivity index (χ1) is 8.54. The number of ether oxygens (including phenoxy) is 1. The van der Waals surface area contributed by atoms with E-state index in [0.29, 0.717) is 13.1 Å². The van der Waals surface area contributed by atoms with Gasteiger partial charge in [-0.05, 0) is 25.0 Å². The van der Waals surface area contributed by atoms with Gasteiger partial charge in [0, 0.05) is 6.54 Å². The average molecular weight is 249 g/mol. The van der Waals surface area contributed by atoms with Gasteiger partial charge in [0.1, 0.15) is 12.2 Å². The molecule has 0 saturated carbocycles. The Balaban J connectivity index is 2.12. The molecule has 98 valence electrons. The van der Waals surface area contributed by atoms with Crippen LogP contribution in [0.3, 0.4) is 0 Å². The van der Waals surface area contributed by atoms with Crippen LogP contribution >= 0.6 is 0 Å². The highest BCUT2D eigenvalue weighted by molar-refractivity contribution is 5.78. The molecule has 4 nitrogen and oxygen atoms in total. The molecule has 4 heteroatoms. The van der Waals surface area contributed by atoms with Crippen molar-refractivity contribution in [3.05, 3.63) is 35.4 Å². The average Bonchev–Trinajstić information content (AvgIpc) is 2.37. The molecule has 0 aliphatic carbocycles. The molecule has 1 atom stereocenters. The van der Waals surface area contributed by atoms with Crippen LogP contribution in [0.4, 0.5) is 0 Å². The first kappa shape index (κ1) is 13.1. The molecule has 1 aromatic carbocycles. The number of carbonyl (C=O) groups excluding carboxylic acids is 1. The molecule has 1 amide bonds. The number of aliphatic hydroxyl groups is 1. The van der Waals surface area contributed by atoms with Gasteiger partial charge in [0.15, 0.2) is 0 Å². The molecule has 0 aromatic heterocycles. The summed E-state index contributed by atoms with van der Waals surface area (Å²) in [6.45, 7) is 4.82. The van der Waals surface area contributed by atoms with Gasteiger partial charge < -0.3 is 14.7 Å². The van der Waals surface area contributed by atoms with E-state index in [1.807, 2.05) is 38.1 Å². The summed E-state index contributed by atoms with van der Waals surface area (Å²) in [5.74, 6) is -0.0239. The third-order valence-corrected chi connectivity index (χ3v) is 3.38. The number of morpholine rings is 1. The summed E-state index contributed by atoms with van der Waals surface area (Å²) in [5.41, 5.74) is 1.66. The predicted octanol–water partition coefficient (Wildman–Crippen LogP) is 1.10. The van der Waals surface area contributed by atoms with Gasteiger partial charge in [0.05, 0.1) is 13.2 Å². The normalized spacial score (nSPS) is 24.4. The Labute approximate surface area is 107 Å². The summed E-state index contributed by atoms with van der Waals surface area (Å²) < 4.78 is 5.38. The molecule has 2 rings (SSSR count). The Bertz CT molecular complexity index is 446. The van der Waals surface area contributed by atoms with E-state index < -0.39 is 5.60 Å². The highest BCUT2D eigenvalue weighted by atomic mass is 16.5. The molecule has 1 aliphatic heterocycles. The lowest BCUT2D eigenvalue weighted by Crippen LogP contribution is -2.54. The molecule has 1 aliphatic rings. The number of nitrogens with zero attached hydrogens (tertiary/aromatic N) is 1. The van der Waals surface area contributed by atoms with Crippen LogP contribution < -0.4 is 0 Å². The summed E-state index contributed by atoms with van der Waals surface area (Å²) in [6.07, 6.45) is 0. The van der Waals surface area contributed by atoms with Gasteiger partial charge in [0.25, 0.3) is 0 Å². The lowest BCUT2D eigenvalue weighted by atomic mass is 10.0. The minimum Gasteiger partial charge on any atom is -0.393 e. The third kappa shape index (κ3) is 2.71. The van der Waals surface area contributed by atoms with Gasteiger partial charge in [-0.15, -0.1) is 0 Å². The molecular weight excluding hydrogens is 230 g/mol. The fraction of sp³-hybridized carbons (Fsp3) is 0.500. The predicted molar refractivity (Wildman–Crippen MR) is 68.0 cm³/mol. The molecule has 1 aromatic rings. The van der Waals surface area contributed by atoms with E-state index in [1.54, 1.807) is 4.90 Å². The van der Waals surface area contributed by atoms with Crippen LogP contribution in [0.15, 0.2) is 24.3 Å². The Morgan fingerprint density at radius 2 is 2.17 bits per heavy atom. The van der Waals surface area contributed by atoms with Crippen molar-refractivity contribution < 1.29 is 14.6 Å². The number of rotatable bonds is 3. The zero-order valence-electron chi connectivity index (χ0n) is 10.8. The second-order valence-corrected chi connectivity index (χ2v) is 5.07. The minimum absolute atomic E-state index is 0.0239. The van der Waals surface area contributed by atoms with Crippen LogP contribution in [-0.2, 0) is 16.1 Å². The van der Waals surface area contributed by atoms with Gasteiger partial charge in [-0.2, -0.15) is 0 Å². The molecule has 0 spiro atoms. The second kappa shape index (κ2) is 5.08. The van der Waals surface area contributed by atoms with Crippen LogP contribution in [0.5, 0.6) is 0 Å². The zero-order valence-corrected chi connectivity index (χ0v) is 10.8. The fourth-order valence-electron chi connectivity index (χ4n) is 2.10. The summed E-state index contributed by atoms with van der Waals surface area (Å²) >= 11 is 0. The number of hydrogen-bond donors (Lipinski definition) is 1. The van der Waals surface area contributed by atoms with Crippen molar-refractivity contribution in [2.24, 2.45) is 0 Å². The maximum atomic E-state index is 11.8. The number of amides is 1. The summed E-state index contributed by atoms with van der Waals surface area (Å²) in [4.78, 5) is 13.6. The highest BCUT2D eigenvalue weighted by Crippen LogP contribution is 2.20. The van der Waals surface area contributed by atoms with E-state index in [0.717, 1.165) is 5.56 Å². The van der Waals surface area contributed by atoms with Gasteiger partial charge in [-0.25, -0.2) is 0 Å². The van der Waals surface area contributed by atoms with Crippen molar-refractivity contribution in [1.82, 2.24) is 4.90 Å². The Morgan fingerprint density at radius 1 is 1.44 bits per heavy atom.